The van der Waals surface area contributed by atoms with Gasteiger partial charge < -0.3 is 0 Å². The molecule has 1 rings (SSSR count). The lowest BCUT2D eigenvalue weighted by Gasteiger charge is -2.06. The van der Waals surface area contributed by atoms with E-state index in [1.165, 1.54) is 0 Å². The fourth-order valence-electron chi connectivity index (χ4n) is 1.46. The molecule has 0 bridgehead atoms. The smallest absolute Gasteiger partial charge is 0.0382 e. The zero-order chi connectivity index (χ0) is 12.0. The van der Waals surface area contributed by atoms with Crippen molar-refractivity contribution in [2.45, 2.75) is 20.3 Å². The molecular weight excluding hydrogens is 204 g/mol. The van der Waals surface area contributed by atoms with Crippen LogP contribution in [0.5, 0.6) is 0 Å². The number of hydrogen-bond donors (Lipinski definition) is 0. The molecule has 0 fully saturated rings. The average molecular weight is 216 g/mol. The van der Waals surface area contributed by atoms with E-state index in [2.05, 4.69) is 33.9 Å². The highest BCUT2D eigenvalue weighted by Crippen LogP contribution is 2.25. The minimum atomic E-state index is 0.475. The summed E-state index contributed by atoms with van der Waals surface area (Å²) in [5, 5.41) is 7.03. The van der Waals surface area contributed by atoms with Crippen LogP contribution in [0.3, 0.4) is 0 Å². The molecule has 0 aromatic heterocycles. The highest BCUT2D eigenvalue weighted by atomic mass is 15.1. The molecule has 1 aromatic rings. The predicted octanol–water partition coefficient (Wildman–Crippen LogP) is 4.77. The minimum absolute atomic E-state index is 0.475. The third-order valence-corrected chi connectivity index (χ3v) is 1.93. The van der Waals surface area contributed by atoms with E-state index >= 15 is 0 Å². The number of azide groups is 2. The van der Waals surface area contributed by atoms with Crippen LogP contribution in [0.2, 0.25) is 0 Å². The second-order valence-electron chi connectivity index (χ2n) is 3.83. The second kappa shape index (κ2) is 5.66. The van der Waals surface area contributed by atoms with E-state index in [0.29, 0.717) is 17.3 Å². The van der Waals surface area contributed by atoms with E-state index < -0.39 is 0 Å². The van der Waals surface area contributed by atoms with Gasteiger partial charge in [-0.05, 0) is 47.2 Å². The van der Waals surface area contributed by atoms with E-state index in [0.717, 1.165) is 12.0 Å². The molecule has 0 amide bonds. The largest absolute Gasteiger partial charge is 0.0625 e. The van der Waals surface area contributed by atoms with Gasteiger partial charge in [-0.25, -0.2) is 0 Å². The van der Waals surface area contributed by atoms with Crippen molar-refractivity contribution in [3.8, 4) is 0 Å². The van der Waals surface area contributed by atoms with Crippen LogP contribution in [0.1, 0.15) is 19.4 Å². The molecule has 0 aliphatic rings. The molecule has 0 radical (unpaired) electrons. The first kappa shape index (κ1) is 11.9. The molecule has 0 spiro atoms. The summed E-state index contributed by atoms with van der Waals surface area (Å²) in [4.78, 5) is 5.44. The maximum absolute atomic E-state index is 8.37. The molecule has 0 N–H and O–H groups in total. The van der Waals surface area contributed by atoms with Crippen LogP contribution < -0.4 is 0 Å². The Balaban J connectivity index is 3.17. The molecule has 6 heteroatoms. The van der Waals surface area contributed by atoms with Crippen molar-refractivity contribution in [2.75, 3.05) is 0 Å². The summed E-state index contributed by atoms with van der Waals surface area (Å²) in [6.45, 7) is 4.18. The van der Waals surface area contributed by atoms with Gasteiger partial charge in [0.1, 0.15) is 0 Å². The molecule has 0 atom stereocenters. The quantitative estimate of drug-likeness (QED) is 0.393. The number of nitrogens with zero attached hydrogens (tertiary/aromatic N) is 6. The van der Waals surface area contributed by atoms with Crippen LogP contribution >= 0.6 is 0 Å². The van der Waals surface area contributed by atoms with Crippen LogP contribution in [0, 0.1) is 5.92 Å². The Kier molecular flexibility index (Phi) is 4.21. The Bertz CT molecular complexity index is 430. The number of benzene rings is 1. The van der Waals surface area contributed by atoms with Gasteiger partial charge in [0.25, 0.3) is 0 Å². The summed E-state index contributed by atoms with van der Waals surface area (Å²) < 4.78 is 0. The lowest BCUT2D eigenvalue weighted by atomic mass is 10.0. The number of hydrogen-bond acceptors (Lipinski definition) is 2. The van der Waals surface area contributed by atoms with Gasteiger partial charge in [0, 0.05) is 21.2 Å². The summed E-state index contributed by atoms with van der Waals surface area (Å²) >= 11 is 0. The molecule has 0 saturated carbocycles. The fourth-order valence-corrected chi connectivity index (χ4v) is 1.46. The predicted molar refractivity (Wildman–Crippen MR) is 62.6 cm³/mol. The molecule has 6 nitrogen and oxygen atoms in total. The molecule has 1 aromatic carbocycles. The summed E-state index contributed by atoms with van der Waals surface area (Å²) in [6, 6.07) is 5.16. The van der Waals surface area contributed by atoms with Crippen LogP contribution in [0.4, 0.5) is 11.4 Å². The standard InChI is InChI=1S/C10H12N6/c1-7(2)3-8-4-9(13-15-11)6-10(5-8)14-16-12/h4-7H,3H2,1-2H3. The van der Waals surface area contributed by atoms with Crippen molar-refractivity contribution in [3.05, 3.63) is 44.6 Å². The van der Waals surface area contributed by atoms with Crippen molar-refractivity contribution in [1.82, 2.24) is 0 Å². The Morgan fingerprint density at radius 2 is 1.56 bits per heavy atom. The van der Waals surface area contributed by atoms with Gasteiger partial charge >= 0.3 is 0 Å². The highest BCUT2D eigenvalue weighted by molar-refractivity contribution is 5.53. The summed E-state index contributed by atoms with van der Waals surface area (Å²) in [5.74, 6) is 0.486. The van der Waals surface area contributed by atoms with Gasteiger partial charge in [0.05, 0.1) is 0 Å². The van der Waals surface area contributed by atoms with Crippen molar-refractivity contribution in [1.29, 1.82) is 0 Å². The minimum Gasteiger partial charge on any atom is -0.0625 e. The molecular formula is C10H12N6. The van der Waals surface area contributed by atoms with Crippen molar-refractivity contribution < 1.29 is 0 Å². The third kappa shape index (κ3) is 3.53. The van der Waals surface area contributed by atoms with Crippen LogP contribution in [-0.2, 0) is 6.42 Å². The first-order chi connectivity index (χ1) is 7.65. The zero-order valence-corrected chi connectivity index (χ0v) is 9.20. The molecule has 16 heavy (non-hydrogen) atoms. The first-order valence-electron chi connectivity index (χ1n) is 4.90. The zero-order valence-electron chi connectivity index (χ0n) is 9.20. The van der Waals surface area contributed by atoms with E-state index in [4.69, 9.17) is 11.1 Å². The number of rotatable bonds is 4. The molecule has 0 heterocycles. The van der Waals surface area contributed by atoms with E-state index in [1.54, 1.807) is 18.2 Å². The van der Waals surface area contributed by atoms with E-state index in [-0.39, 0.29) is 0 Å². The maximum Gasteiger partial charge on any atom is 0.0382 e. The summed E-state index contributed by atoms with van der Waals surface area (Å²) in [5.41, 5.74) is 18.7. The van der Waals surface area contributed by atoms with Crippen LogP contribution in [0.25, 0.3) is 20.9 Å². The van der Waals surface area contributed by atoms with E-state index in [9.17, 15) is 0 Å². The molecule has 0 unspecified atom stereocenters. The monoisotopic (exact) mass is 216 g/mol. The highest BCUT2D eigenvalue weighted by Gasteiger charge is 2.01. The average Bonchev–Trinajstić information content (AvgIpc) is 2.17. The van der Waals surface area contributed by atoms with E-state index in [1.807, 2.05) is 0 Å². The first-order valence-corrected chi connectivity index (χ1v) is 4.90. The van der Waals surface area contributed by atoms with Gasteiger partial charge in [0.15, 0.2) is 0 Å². The molecule has 0 aliphatic carbocycles. The maximum atomic E-state index is 8.37. The topological polar surface area (TPSA) is 97.5 Å². The summed E-state index contributed by atoms with van der Waals surface area (Å²) in [6.07, 6.45) is 0.850. The van der Waals surface area contributed by atoms with Gasteiger partial charge in [-0.2, -0.15) is 0 Å². The van der Waals surface area contributed by atoms with Crippen LogP contribution in [-0.4, -0.2) is 0 Å². The normalized spacial score (nSPS) is 9.44. The van der Waals surface area contributed by atoms with Crippen LogP contribution in [0.15, 0.2) is 28.4 Å². The molecule has 0 aliphatic heterocycles. The van der Waals surface area contributed by atoms with Crippen molar-refractivity contribution in [2.24, 2.45) is 16.1 Å². The van der Waals surface area contributed by atoms with Gasteiger partial charge in [0.2, 0.25) is 0 Å². The third-order valence-electron chi connectivity index (χ3n) is 1.93. The lowest BCUT2D eigenvalue weighted by Crippen LogP contribution is -1.93. The summed E-state index contributed by atoms with van der Waals surface area (Å²) in [7, 11) is 0. The van der Waals surface area contributed by atoms with Crippen molar-refractivity contribution in [3.63, 3.8) is 0 Å². The molecule has 82 valence electrons. The Hall–Kier alpha value is -2.16. The van der Waals surface area contributed by atoms with Gasteiger partial charge in [-0.15, -0.1) is 0 Å². The molecule has 0 saturated heterocycles. The van der Waals surface area contributed by atoms with Gasteiger partial charge in [-0.3, -0.25) is 0 Å². The van der Waals surface area contributed by atoms with Gasteiger partial charge in [-0.1, -0.05) is 24.1 Å². The lowest BCUT2D eigenvalue weighted by molar-refractivity contribution is 0.647. The Labute approximate surface area is 93.2 Å². The fraction of sp³-hybridized carbons (Fsp3) is 0.400. The Morgan fingerprint density at radius 1 is 1.06 bits per heavy atom. The Morgan fingerprint density at radius 3 is 1.94 bits per heavy atom. The SMILES string of the molecule is CC(C)Cc1cc(N=[N+]=[N-])cc(N=[N+]=[N-])c1. The second-order valence-corrected chi connectivity index (χ2v) is 3.83. The van der Waals surface area contributed by atoms with Crippen molar-refractivity contribution >= 4 is 11.4 Å².